The molecular formula is C21H26N2O3. The van der Waals surface area contributed by atoms with Gasteiger partial charge in [-0.3, -0.25) is 9.69 Å². The van der Waals surface area contributed by atoms with Crippen LogP contribution in [0.15, 0.2) is 24.3 Å². The number of para-hydroxylation sites is 1. The van der Waals surface area contributed by atoms with E-state index in [9.17, 15) is 9.90 Å². The summed E-state index contributed by atoms with van der Waals surface area (Å²) in [6, 6.07) is 8.83. The fraction of sp³-hybridized carbons (Fsp3) is 0.571. The Morgan fingerprint density at radius 2 is 2.15 bits per heavy atom. The molecule has 1 saturated heterocycles. The Kier molecular flexibility index (Phi) is 3.83. The number of rotatable bonds is 1. The van der Waals surface area contributed by atoms with E-state index >= 15 is 0 Å². The molecule has 0 bridgehead atoms. The molecule has 1 aliphatic carbocycles. The van der Waals surface area contributed by atoms with Crippen LogP contribution in [0.1, 0.15) is 36.6 Å². The van der Waals surface area contributed by atoms with E-state index in [0.29, 0.717) is 18.4 Å². The highest BCUT2D eigenvalue weighted by atomic mass is 16.5. The number of H-pyrrole nitrogens is 1. The average Bonchev–Trinajstić information content (AvgIpc) is 3.05. The molecule has 0 radical (unpaired) electrons. The first-order valence-electron chi connectivity index (χ1n) is 9.76. The number of benzene rings is 1. The number of nitrogens with zero attached hydrogens (tertiary/aromatic N) is 1. The van der Waals surface area contributed by atoms with E-state index in [4.69, 9.17) is 4.74 Å². The highest BCUT2D eigenvalue weighted by Crippen LogP contribution is 2.49. The Labute approximate surface area is 153 Å². The summed E-state index contributed by atoms with van der Waals surface area (Å²) < 4.78 is 5.04. The summed E-state index contributed by atoms with van der Waals surface area (Å²) in [5.41, 5.74) is 3.96. The van der Waals surface area contributed by atoms with E-state index < -0.39 is 6.10 Å². The Balaban J connectivity index is 1.52. The zero-order valence-corrected chi connectivity index (χ0v) is 15.1. The molecule has 3 heterocycles. The average molecular weight is 354 g/mol. The van der Waals surface area contributed by atoms with Gasteiger partial charge in [-0.25, -0.2) is 0 Å². The van der Waals surface area contributed by atoms with Crippen molar-refractivity contribution in [2.24, 2.45) is 17.8 Å². The van der Waals surface area contributed by atoms with Gasteiger partial charge >= 0.3 is 5.97 Å². The molecule has 3 aliphatic rings. The van der Waals surface area contributed by atoms with E-state index in [1.807, 2.05) is 0 Å². The molecular weight excluding hydrogens is 328 g/mol. The molecule has 0 amide bonds. The SMILES string of the molecule is COC(=O)[C@@H]1C(O)CC[C@H]2CN3CCc4c([nH]c5ccccc45)[C@@H]3C[C@H]21. The second-order valence-electron chi connectivity index (χ2n) is 8.18. The summed E-state index contributed by atoms with van der Waals surface area (Å²) in [6.07, 6.45) is 3.14. The van der Waals surface area contributed by atoms with Crippen molar-refractivity contribution >= 4 is 16.9 Å². The van der Waals surface area contributed by atoms with Gasteiger partial charge < -0.3 is 14.8 Å². The topological polar surface area (TPSA) is 65.6 Å². The van der Waals surface area contributed by atoms with Crippen molar-refractivity contribution in [2.45, 2.75) is 37.8 Å². The molecule has 5 rings (SSSR count). The first kappa shape index (κ1) is 16.3. The number of carbonyl (C=O) groups excluding carboxylic acids is 1. The van der Waals surface area contributed by atoms with Gasteiger partial charge in [0.2, 0.25) is 0 Å². The first-order chi connectivity index (χ1) is 12.7. The maximum Gasteiger partial charge on any atom is 0.311 e. The van der Waals surface area contributed by atoms with Crippen LogP contribution >= 0.6 is 0 Å². The molecule has 5 heteroatoms. The first-order valence-corrected chi connectivity index (χ1v) is 9.76. The lowest BCUT2D eigenvalue weighted by Crippen LogP contribution is -2.53. The number of hydrogen-bond acceptors (Lipinski definition) is 4. The van der Waals surface area contributed by atoms with E-state index in [2.05, 4.69) is 34.1 Å². The van der Waals surface area contributed by atoms with Gasteiger partial charge in [0, 0.05) is 29.7 Å². The lowest BCUT2D eigenvalue weighted by Gasteiger charge is -2.50. The number of ether oxygens (including phenoxy) is 1. The molecule has 26 heavy (non-hydrogen) atoms. The Morgan fingerprint density at radius 3 is 3.00 bits per heavy atom. The molecule has 5 atom stereocenters. The lowest BCUT2D eigenvalue weighted by molar-refractivity contribution is -0.160. The molecule has 138 valence electrons. The van der Waals surface area contributed by atoms with E-state index in [-0.39, 0.29) is 17.8 Å². The minimum absolute atomic E-state index is 0.199. The number of aromatic amines is 1. The van der Waals surface area contributed by atoms with Crippen molar-refractivity contribution in [3.8, 4) is 0 Å². The van der Waals surface area contributed by atoms with Crippen LogP contribution in [-0.2, 0) is 16.0 Å². The van der Waals surface area contributed by atoms with Crippen molar-refractivity contribution in [3.63, 3.8) is 0 Å². The molecule has 2 aliphatic heterocycles. The maximum atomic E-state index is 12.4. The number of aromatic nitrogens is 1. The normalized spacial score (nSPS) is 34.0. The molecule has 5 nitrogen and oxygen atoms in total. The molecule has 2 N–H and O–H groups in total. The summed E-state index contributed by atoms with van der Waals surface area (Å²) in [5.74, 6) is 0.0541. The number of hydrogen-bond donors (Lipinski definition) is 2. The molecule has 2 fully saturated rings. The monoisotopic (exact) mass is 354 g/mol. The minimum atomic E-state index is -0.568. The van der Waals surface area contributed by atoms with Gasteiger partial charge in [0.1, 0.15) is 0 Å². The largest absolute Gasteiger partial charge is 0.469 e. The number of fused-ring (bicyclic) bond motifs is 6. The zero-order valence-electron chi connectivity index (χ0n) is 15.1. The van der Waals surface area contributed by atoms with Crippen molar-refractivity contribution in [3.05, 3.63) is 35.5 Å². The summed E-state index contributed by atoms with van der Waals surface area (Å²) in [5, 5.41) is 11.8. The highest BCUT2D eigenvalue weighted by Gasteiger charge is 2.49. The highest BCUT2D eigenvalue weighted by molar-refractivity contribution is 5.85. The number of esters is 1. The molecule has 1 unspecified atom stereocenters. The zero-order chi connectivity index (χ0) is 17.8. The van der Waals surface area contributed by atoms with Gasteiger partial charge in [0.15, 0.2) is 0 Å². The minimum Gasteiger partial charge on any atom is -0.469 e. The summed E-state index contributed by atoms with van der Waals surface area (Å²) >= 11 is 0. The van der Waals surface area contributed by atoms with Crippen LogP contribution in [-0.4, -0.2) is 47.3 Å². The van der Waals surface area contributed by atoms with Crippen molar-refractivity contribution in [2.75, 3.05) is 20.2 Å². The second kappa shape index (κ2) is 6.10. The number of aliphatic hydroxyl groups excluding tert-OH is 1. The van der Waals surface area contributed by atoms with Gasteiger partial charge in [-0.05, 0) is 49.1 Å². The molecule has 2 aromatic rings. The van der Waals surface area contributed by atoms with Crippen molar-refractivity contribution in [1.29, 1.82) is 0 Å². The fourth-order valence-electron chi connectivity index (χ4n) is 5.80. The van der Waals surface area contributed by atoms with Crippen LogP contribution < -0.4 is 0 Å². The van der Waals surface area contributed by atoms with Crippen molar-refractivity contribution < 1.29 is 14.6 Å². The summed E-state index contributed by atoms with van der Waals surface area (Å²) in [6.45, 7) is 2.10. The van der Waals surface area contributed by atoms with Gasteiger partial charge in [0.05, 0.1) is 25.2 Å². The van der Waals surface area contributed by atoms with Crippen LogP contribution in [0.2, 0.25) is 0 Å². The van der Waals surface area contributed by atoms with Crippen LogP contribution in [0.4, 0.5) is 0 Å². The quantitative estimate of drug-likeness (QED) is 0.773. The van der Waals surface area contributed by atoms with Gasteiger partial charge in [-0.15, -0.1) is 0 Å². The smallest absolute Gasteiger partial charge is 0.311 e. The van der Waals surface area contributed by atoms with Crippen LogP contribution in [0.3, 0.4) is 0 Å². The summed E-state index contributed by atoms with van der Waals surface area (Å²) in [7, 11) is 1.43. The van der Waals surface area contributed by atoms with Gasteiger partial charge in [-0.2, -0.15) is 0 Å². The molecule has 0 spiro atoms. The number of piperidine rings is 1. The Hall–Kier alpha value is -1.85. The number of nitrogens with one attached hydrogen (secondary N) is 1. The summed E-state index contributed by atoms with van der Waals surface area (Å²) in [4.78, 5) is 18.6. The van der Waals surface area contributed by atoms with Gasteiger partial charge in [0.25, 0.3) is 0 Å². The standard InChI is InChI=1S/C21H26N2O3/c1-26-21(25)19-15-10-17-20-14(13-4-2-3-5-16(13)22-20)8-9-23(17)11-12(15)6-7-18(19)24/h2-5,12,15,17-19,22,24H,6-11H2,1H3/t12-,15+,17-,18?,19-/m0/s1. The lowest BCUT2D eigenvalue weighted by atomic mass is 9.65. The van der Waals surface area contributed by atoms with Crippen LogP contribution in [0.5, 0.6) is 0 Å². The van der Waals surface area contributed by atoms with Crippen LogP contribution in [0, 0.1) is 17.8 Å². The Bertz CT molecular complexity index is 845. The predicted molar refractivity (Wildman–Crippen MR) is 98.7 cm³/mol. The van der Waals surface area contributed by atoms with E-state index in [1.54, 1.807) is 0 Å². The predicted octanol–water partition coefficient (Wildman–Crippen LogP) is 2.65. The third-order valence-electron chi connectivity index (χ3n) is 7.02. The van der Waals surface area contributed by atoms with E-state index in [1.165, 1.54) is 29.3 Å². The number of aliphatic hydroxyl groups is 1. The number of carbonyl (C=O) groups is 1. The van der Waals surface area contributed by atoms with E-state index in [0.717, 1.165) is 32.4 Å². The third kappa shape index (κ3) is 2.33. The Morgan fingerprint density at radius 1 is 1.31 bits per heavy atom. The second-order valence-corrected chi connectivity index (χ2v) is 8.18. The van der Waals surface area contributed by atoms with Gasteiger partial charge in [-0.1, -0.05) is 18.2 Å². The molecule has 1 saturated carbocycles. The number of methoxy groups -OCH3 is 1. The maximum absolute atomic E-state index is 12.4. The molecule has 1 aromatic carbocycles. The van der Waals surface area contributed by atoms with Crippen molar-refractivity contribution in [1.82, 2.24) is 9.88 Å². The third-order valence-corrected chi connectivity index (χ3v) is 7.02. The fourth-order valence-corrected chi connectivity index (χ4v) is 5.80. The van der Waals surface area contributed by atoms with Crippen LogP contribution in [0.25, 0.3) is 10.9 Å². The molecule has 1 aromatic heterocycles.